The molecule has 1 unspecified atom stereocenters. The lowest BCUT2D eigenvalue weighted by Gasteiger charge is -2.30. The molecule has 1 saturated carbocycles. The standard InChI is InChI=1S/C27H32N2O5/c1-29(15-14-25(30)31)27(32)19-8-11-21(12-9-19)28-26(18-6-4-3-5-7-18)24-16-20-10-13-22(33-2)17-23(20)34-24/h8-13,16-18,26,28H,3-7,14-15H2,1-2H3,(H,30,31). The number of methoxy groups -OCH3 is 1. The molecule has 1 heterocycles. The molecular weight excluding hydrogens is 432 g/mol. The van der Waals surface area contributed by atoms with Gasteiger partial charge >= 0.3 is 5.97 Å². The molecule has 1 aliphatic carbocycles. The number of nitrogens with zero attached hydrogens (tertiary/aromatic N) is 1. The van der Waals surface area contributed by atoms with Crippen molar-refractivity contribution in [3.05, 3.63) is 59.9 Å². The molecule has 0 radical (unpaired) electrons. The highest BCUT2D eigenvalue weighted by atomic mass is 16.5. The topological polar surface area (TPSA) is 92.0 Å². The average Bonchev–Trinajstić information content (AvgIpc) is 3.29. The highest BCUT2D eigenvalue weighted by Crippen LogP contribution is 2.39. The molecule has 0 aliphatic heterocycles. The zero-order valence-electron chi connectivity index (χ0n) is 19.8. The first-order valence-corrected chi connectivity index (χ1v) is 11.9. The summed E-state index contributed by atoms with van der Waals surface area (Å²) < 4.78 is 11.6. The van der Waals surface area contributed by atoms with Crippen LogP contribution < -0.4 is 10.1 Å². The van der Waals surface area contributed by atoms with Gasteiger partial charge in [-0.2, -0.15) is 0 Å². The number of carboxylic acid groups (broad SMARTS) is 1. The van der Waals surface area contributed by atoms with Gasteiger partial charge in [0, 0.05) is 36.3 Å². The average molecular weight is 465 g/mol. The van der Waals surface area contributed by atoms with Crippen LogP contribution in [0.15, 0.2) is 52.9 Å². The zero-order valence-corrected chi connectivity index (χ0v) is 19.8. The van der Waals surface area contributed by atoms with Crippen molar-refractivity contribution >= 4 is 28.5 Å². The van der Waals surface area contributed by atoms with Gasteiger partial charge in [0.1, 0.15) is 17.1 Å². The monoisotopic (exact) mass is 464 g/mol. The van der Waals surface area contributed by atoms with E-state index in [9.17, 15) is 9.59 Å². The van der Waals surface area contributed by atoms with Gasteiger partial charge in [-0.25, -0.2) is 0 Å². The molecule has 1 atom stereocenters. The Morgan fingerprint density at radius 3 is 2.53 bits per heavy atom. The van der Waals surface area contributed by atoms with E-state index in [1.54, 1.807) is 26.3 Å². The summed E-state index contributed by atoms with van der Waals surface area (Å²) in [7, 11) is 3.27. The smallest absolute Gasteiger partial charge is 0.305 e. The Kier molecular flexibility index (Phi) is 7.40. The van der Waals surface area contributed by atoms with Gasteiger partial charge in [-0.05, 0) is 61.2 Å². The normalized spacial score (nSPS) is 15.1. The third-order valence-electron chi connectivity index (χ3n) is 6.64. The second-order valence-corrected chi connectivity index (χ2v) is 9.02. The number of nitrogens with one attached hydrogen (secondary N) is 1. The Balaban J connectivity index is 1.54. The number of ether oxygens (including phenoxy) is 1. The third kappa shape index (κ3) is 5.53. The SMILES string of the molecule is COc1ccc2cc(C(Nc3ccc(C(=O)N(C)CCC(=O)O)cc3)C3CCCCC3)oc2c1. The molecule has 1 fully saturated rings. The number of furan rings is 1. The van der Waals surface area contributed by atoms with Crippen LogP contribution >= 0.6 is 0 Å². The number of fused-ring (bicyclic) bond motifs is 1. The first-order valence-electron chi connectivity index (χ1n) is 11.9. The van der Waals surface area contributed by atoms with Crippen LogP contribution in [0.5, 0.6) is 5.75 Å². The number of amides is 1. The molecule has 1 aliphatic rings. The van der Waals surface area contributed by atoms with Gasteiger partial charge in [0.05, 0.1) is 19.6 Å². The Hall–Kier alpha value is -3.48. The number of anilines is 1. The van der Waals surface area contributed by atoms with E-state index in [2.05, 4.69) is 11.4 Å². The largest absolute Gasteiger partial charge is 0.497 e. The predicted molar refractivity (Wildman–Crippen MR) is 131 cm³/mol. The highest BCUT2D eigenvalue weighted by Gasteiger charge is 2.28. The molecule has 0 bridgehead atoms. The van der Waals surface area contributed by atoms with Crippen LogP contribution in [-0.4, -0.2) is 42.6 Å². The van der Waals surface area contributed by atoms with Crippen molar-refractivity contribution in [2.75, 3.05) is 26.0 Å². The number of carbonyl (C=O) groups excluding carboxylic acids is 1. The number of rotatable bonds is 9. The van der Waals surface area contributed by atoms with E-state index in [1.165, 1.54) is 24.2 Å². The van der Waals surface area contributed by atoms with Gasteiger partial charge in [0.15, 0.2) is 0 Å². The molecule has 7 heteroatoms. The van der Waals surface area contributed by atoms with Gasteiger partial charge in [-0.1, -0.05) is 19.3 Å². The van der Waals surface area contributed by atoms with Gasteiger partial charge in [0.2, 0.25) is 0 Å². The molecule has 1 aromatic heterocycles. The molecule has 4 rings (SSSR count). The summed E-state index contributed by atoms with van der Waals surface area (Å²) in [6.45, 7) is 0.175. The molecular formula is C27H32N2O5. The molecule has 3 aromatic rings. The van der Waals surface area contributed by atoms with E-state index in [0.717, 1.165) is 41.0 Å². The molecule has 180 valence electrons. The van der Waals surface area contributed by atoms with Gasteiger partial charge in [0.25, 0.3) is 5.91 Å². The number of hydrogen-bond donors (Lipinski definition) is 2. The van der Waals surface area contributed by atoms with E-state index in [0.29, 0.717) is 11.5 Å². The van der Waals surface area contributed by atoms with Crippen LogP contribution in [0.3, 0.4) is 0 Å². The van der Waals surface area contributed by atoms with E-state index in [-0.39, 0.29) is 24.9 Å². The maximum Gasteiger partial charge on any atom is 0.305 e. The van der Waals surface area contributed by atoms with Gasteiger partial charge in [-0.3, -0.25) is 9.59 Å². The molecule has 7 nitrogen and oxygen atoms in total. The predicted octanol–water partition coefficient (Wildman–Crippen LogP) is 5.72. The maximum atomic E-state index is 12.6. The molecule has 0 spiro atoms. The lowest BCUT2D eigenvalue weighted by atomic mass is 9.82. The Labute approximate surface area is 199 Å². The Bertz CT molecular complexity index is 1130. The van der Waals surface area contributed by atoms with E-state index in [4.69, 9.17) is 14.3 Å². The minimum Gasteiger partial charge on any atom is -0.497 e. The lowest BCUT2D eigenvalue weighted by molar-refractivity contribution is -0.137. The third-order valence-corrected chi connectivity index (χ3v) is 6.64. The van der Waals surface area contributed by atoms with Crippen molar-refractivity contribution in [1.82, 2.24) is 4.90 Å². The summed E-state index contributed by atoms with van der Waals surface area (Å²) in [5.41, 5.74) is 2.25. The lowest BCUT2D eigenvalue weighted by Crippen LogP contribution is -2.29. The first-order chi connectivity index (χ1) is 16.4. The fourth-order valence-corrected chi connectivity index (χ4v) is 4.67. The summed E-state index contributed by atoms with van der Waals surface area (Å²) in [6.07, 6.45) is 5.91. The minimum absolute atomic E-state index is 0.0264. The Morgan fingerprint density at radius 2 is 1.85 bits per heavy atom. The number of carbonyl (C=O) groups is 2. The van der Waals surface area contributed by atoms with E-state index < -0.39 is 5.97 Å². The summed E-state index contributed by atoms with van der Waals surface area (Å²) in [4.78, 5) is 24.8. The summed E-state index contributed by atoms with van der Waals surface area (Å²) >= 11 is 0. The van der Waals surface area contributed by atoms with Gasteiger partial charge in [-0.15, -0.1) is 0 Å². The number of benzene rings is 2. The zero-order chi connectivity index (χ0) is 24.1. The molecule has 0 saturated heterocycles. The summed E-state index contributed by atoms with van der Waals surface area (Å²) in [6, 6.07) is 15.4. The summed E-state index contributed by atoms with van der Waals surface area (Å²) in [5.74, 6) is 1.02. The van der Waals surface area contributed by atoms with Crippen LogP contribution in [0.1, 0.15) is 60.7 Å². The summed E-state index contributed by atoms with van der Waals surface area (Å²) in [5, 5.41) is 13.6. The van der Waals surface area contributed by atoms with Crippen molar-refractivity contribution in [3.8, 4) is 5.75 Å². The van der Waals surface area contributed by atoms with Crippen LogP contribution in [0.25, 0.3) is 11.0 Å². The van der Waals surface area contributed by atoms with Gasteiger partial charge < -0.3 is 24.5 Å². The van der Waals surface area contributed by atoms with Crippen molar-refractivity contribution in [2.24, 2.45) is 5.92 Å². The minimum atomic E-state index is -0.919. The maximum absolute atomic E-state index is 12.6. The van der Waals surface area contributed by atoms with Crippen LogP contribution in [0.4, 0.5) is 5.69 Å². The number of carboxylic acids is 1. The van der Waals surface area contributed by atoms with Crippen molar-refractivity contribution in [1.29, 1.82) is 0 Å². The molecule has 1 amide bonds. The second kappa shape index (κ2) is 10.6. The Morgan fingerprint density at radius 1 is 1.12 bits per heavy atom. The number of hydrogen-bond acceptors (Lipinski definition) is 5. The number of aliphatic carboxylic acids is 1. The van der Waals surface area contributed by atoms with Crippen molar-refractivity contribution in [3.63, 3.8) is 0 Å². The highest BCUT2D eigenvalue weighted by molar-refractivity contribution is 5.94. The van der Waals surface area contributed by atoms with Crippen molar-refractivity contribution in [2.45, 2.75) is 44.6 Å². The van der Waals surface area contributed by atoms with E-state index in [1.807, 2.05) is 30.3 Å². The fourth-order valence-electron chi connectivity index (χ4n) is 4.67. The second-order valence-electron chi connectivity index (χ2n) is 9.02. The first kappa shape index (κ1) is 23.7. The van der Waals surface area contributed by atoms with Crippen LogP contribution in [-0.2, 0) is 4.79 Å². The fraction of sp³-hybridized carbons (Fsp3) is 0.407. The molecule has 2 aromatic carbocycles. The molecule has 34 heavy (non-hydrogen) atoms. The molecule has 2 N–H and O–H groups in total. The van der Waals surface area contributed by atoms with Crippen LogP contribution in [0.2, 0.25) is 0 Å². The van der Waals surface area contributed by atoms with Crippen LogP contribution in [0, 0.1) is 5.92 Å². The van der Waals surface area contributed by atoms with Crippen molar-refractivity contribution < 1.29 is 23.8 Å². The van der Waals surface area contributed by atoms with E-state index >= 15 is 0 Å². The quantitative estimate of drug-likeness (QED) is 0.421.